The molecule has 110 valence electrons. The smallest absolute Gasteiger partial charge is 0.123 e. The predicted molar refractivity (Wildman–Crippen MR) is 84.6 cm³/mol. The first-order chi connectivity index (χ1) is 10.4. The van der Waals surface area contributed by atoms with Crippen molar-refractivity contribution in [2.24, 2.45) is 0 Å². The number of hydrogen-bond acceptors (Lipinski definition) is 3. The van der Waals surface area contributed by atoms with Crippen molar-refractivity contribution in [3.63, 3.8) is 0 Å². The molecule has 0 bridgehead atoms. The Bertz CT molecular complexity index is 545. The van der Waals surface area contributed by atoms with E-state index in [0.29, 0.717) is 6.04 Å². The molecule has 3 rings (SSSR count). The number of para-hydroxylation sites is 1. The molecule has 1 aromatic carbocycles. The van der Waals surface area contributed by atoms with Gasteiger partial charge in [0.1, 0.15) is 11.9 Å². The Labute approximate surface area is 126 Å². The Morgan fingerprint density at radius 1 is 1.24 bits per heavy atom. The number of rotatable bonds is 6. The number of ether oxygens (including phenoxy) is 1. The summed E-state index contributed by atoms with van der Waals surface area (Å²) in [5.41, 5.74) is 2.43. The fourth-order valence-electron chi connectivity index (χ4n) is 2.84. The van der Waals surface area contributed by atoms with Crippen LogP contribution in [0.2, 0.25) is 0 Å². The summed E-state index contributed by atoms with van der Waals surface area (Å²) in [7, 11) is 0. The van der Waals surface area contributed by atoms with Gasteiger partial charge in [0.15, 0.2) is 0 Å². The van der Waals surface area contributed by atoms with Gasteiger partial charge in [0, 0.05) is 30.8 Å². The highest BCUT2D eigenvalue weighted by molar-refractivity contribution is 5.37. The summed E-state index contributed by atoms with van der Waals surface area (Å²) >= 11 is 0. The van der Waals surface area contributed by atoms with Crippen molar-refractivity contribution in [2.75, 3.05) is 6.54 Å². The van der Waals surface area contributed by atoms with Crippen LogP contribution in [0.1, 0.15) is 24.6 Å². The molecule has 2 atom stereocenters. The normalized spacial score (nSPS) is 18.0. The summed E-state index contributed by atoms with van der Waals surface area (Å²) in [4.78, 5) is 4.45. The Hall–Kier alpha value is -1.87. The molecule has 0 fully saturated rings. The van der Waals surface area contributed by atoms with Gasteiger partial charge in [-0.2, -0.15) is 0 Å². The van der Waals surface area contributed by atoms with E-state index in [1.807, 2.05) is 24.4 Å². The second-order valence-electron chi connectivity index (χ2n) is 5.55. The Morgan fingerprint density at radius 2 is 2.10 bits per heavy atom. The zero-order valence-corrected chi connectivity index (χ0v) is 12.5. The minimum absolute atomic E-state index is 0.191. The summed E-state index contributed by atoms with van der Waals surface area (Å²) in [6, 6.07) is 14.7. The van der Waals surface area contributed by atoms with Crippen LogP contribution in [-0.2, 0) is 12.8 Å². The second kappa shape index (κ2) is 6.72. The zero-order chi connectivity index (χ0) is 14.5. The van der Waals surface area contributed by atoms with Gasteiger partial charge in [0.05, 0.1) is 0 Å². The van der Waals surface area contributed by atoms with Gasteiger partial charge in [-0.1, -0.05) is 31.2 Å². The van der Waals surface area contributed by atoms with Crippen molar-refractivity contribution in [1.82, 2.24) is 10.3 Å². The lowest BCUT2D eigenvalue weighted by atomic mass is 10.00. The average Bonchev–Trinajstić information content (AvgIpc) is 2.96. The van der Waals surface area contributed by atoms with Gasteiger partial charge in [-0.25, -0.2) is 0 Å². The van der Waals surface area contributed by atoms with Crippen molar-refractivity contribution in [2.45, 2.75) is 38.3 Å². The van der Waals surface area contributed by atoms with Crippen molar-refractivity contribution in [1.29, 1.82) is 0 Å². The van der Waals surface area contributed by atoms with Crippen LogP contribution in [0, 0.1) is 0 Å². The van der Waals surface area contributed by atoms with E-state index in [-0.39, 0.29) is 6.10 Å². The molecule has 0 aliphatic carbocycles. The highest BCUT2D eigenvalue weighted by atomic mass is 16.5. The van der Waals surface area contributed by atoms with E-state index in [9.17, 15) is 0 Å². The molecular weight excluding hydrogens is 260 g/mol. The van der Waals surface area contributed by atoms with E-state index in [4.69, 9.17) is 4.74 Å². The molecule has 2 heterocycles. The first-order valence-electron chi connectivity index (χ1n) is 7.74. The molecule has 3 nitrogen and oxygen atoms in total. The molecule has 21 heavy (non-hydrogen) atoms. The summed E-state index contributed by atoms with van der Waals surface area (Å²) < 4.78 is 6.15. The van der Waals surface area contributed by atoms with Gasteiger partial charge in [0.2, 0.25) is 0 Å². The van der Waals surface area contributed by atoms with E-state index in [0.717, 1.165) is 37.3 Å². The summed E-state index contributed by atoms with van der Waals surface area (Å²) in [5.74, 6) is 1.03. The molecule has 2 aromatic rings. The Kier molecular flexibility index (Phi) is 4.51. The highest BCUT2D eigenvalue weighted by Gasteiger charge is 2.30. The SMILES string of the molecule is CCCNC(Cc1ccccn1)C1Cc2ccccc2O1. The van der Waals surface area contributed by atoms with Crippen molar-refractivity contribution < 1.29 is 4.74 Å². The quantitative estimate of drug-likeness (QED) is 0.884. The monoisotopic (exact) mass is 282 g/mol. The van der Waals surface area contributed by atoms with Gasteiger partial charge in [-0.15, -0.1) is 0 Å². The summed E-state index contributed by atoms with van der Waals surface area (Å²) in [6.07, 6.45) is 5.05. The summed E-state index contributed by atoms with van der Waals surface area (Å²) in [6.45, 7) is 3.20. The van der Waals surface area contributed by atoms with Crippen LogP contribution in [0.4, 0.5) is 0 Å². The molecule has 1 aliphatic rings. The minimum atomic E-state index is 0.191. The number of fused-ring (bicyclic) bond motifs is 1. The molecular formula is C18H22N2O. The van der Waals surface area contributed by atoms with Crippen molar-refractivity contribution in [3.05, 3.63) is 59.9 Å². The maximum Gasteiger partial charge on any atom is 0.123 e. The van der Waals surface area contributed by atoms with Crippen molar-refractivity contribution in [3.8, 4) is 5.75 Å². The Balaban J connectivity index is 1.71. The third-order valence-corrected chi connectivity index (χ3v) is 3.93. The molecule has 0 saturated heterocycles. The molecule has 0 saturated carbocycles. The van der Waals surface area contributed by atoms with E-state index in [1.54, 1.807) is 0 Å². The predicted octanol–water partition coefficient (Wildman–Crippen LogP) is 3.00. The number of nitrogens with one attached hydrogen (secondary N) is 1. The van der Waals surface area contributed by atoms with Crippen LogP contribution in [0.3, 0.4) is 0 Å². The number of aromatic nitrogens is 1. The maximum absolute atomic E-state index is 6.15. The van der Waals surface area contributed by atoms with Crippen LogP contribution < -0.4 is 10.1 Å². The largest absolute Gasteiger partial charge is 0.488 e. The lowest BCUT2D eigenvalue weighted by molar-refractivity contribution is 0.176. The lowest BCUT2D eigenvalue weighted by Gasteiger charge is -2.24. The van der Waals surface area contributed by atoms with E-state index in [2.05, 4.69) is 41.5 Å². The minimum Gasteiger partial charge on any atom is -0.488 e. The van der Waals surface area contributed by atoms with Crippen LogP contribution in [0.5, 0.6) is 5.75 Å². The van der Waals surface area contributed by atoms with Gasteiger partial charge < -0.3 is 10.1 Å². The van der Waals surface area contributed by atoms with Crippen LogP contribution in [0.25, 0.3) is 0 Å². The number of pyridine rings is 1. The standard InChI is InChI=1S/C18H22N2O/c1-2-10-20-16(13-15-8-5-6-11-19-15)18-12-14-7-3-4-9-17(14)21-18/h3-9,11,16,18,20H,2,10,12-13H2,1H3. The number of hydrogen-bond donors (Lipinski definition) is 1. The molecule has 0 amide bonds. The third-order valence-electron chi connectivity index (χ3n) is 3.93. The lowest BCUT2D eigenvalue weighted by Crippen LogP contribution is -2.44. The van der Waals surface area contributed by atoms with E-state index >= 15 is 0 Å². The van der Waals surface area contributed by atoms with Crippen LogP contribution in [0.15, 0.2) is 48.7 Å². The fourth-order valence-corrected chi connectivity index (χ4v) is 2.84. The van der Waals surface area contributed by atoms with Crippen LogP contribution >= 0.6 is 0 Å². The Morgan fingerprint density at radius 3 is 2.86 bits per heavy atom. The van der Waals surface area contributed by atoms with Crippen molar-refractivity contribution >= 4 is 0 Å². The van der Waals surface area contributed by atoms with Gasteiger partial charge >= 0.3 is 0 Å². The van der Waals surface area contributed by atoms with E-state index < -0.39 is 0 Å². The number of nitrogens with zero attached hydrogens (tertiary/aromatic N) is 1. The molecule has 1 aliphatic heterocycles. The third kappa shape index (κ3) is 3.42. The zero-order valence-electron chi connectivity index (χ0n) is 12.5. The second-order valence-corrected chi connectivity index (χ2v) is 5.55. The van der Waals surface area contributed by atoms with Gasteiger partial charge in [-0.3, -0.25) is 4.98 Å². The summed E-state index contributed by atoms with van der Waals surface area (Å²) in [5, 5.41) is 3.63. The van der Waals surface area contributed by atoms with Gasteiger partial charge in [-0.05, 0) is 36.7 Å². The molecule has 3 heteroatoms. The highest BCUT2D eigenvalue weighted by Crippen LogP contribution is 2.30. The molecule has 1 N–H and O–H groups in total. The van der Waals surface area contributed by atoms with Gasteiger partial charge in [0.25, 0.3) is 0 Å². The van der Waals surface area contributed by atoms with Crippen LogP contribution in [-0.4, -0.2) is 23.7 Å². The number of benzene rings is 1. The molecule has 1 aromatic heterocycles. The molecule has 0 spiro atoms. The molecule has 0 radical (unpaired) electrons. The maximum atomic E-state index is 6.15. The first kappa shape index (κ1) is 14.1. The fraction of sp³-hybridized carbons (Fsp3) is 0.389. The topological polar surface area (TPSA) is 34.2 Å². The average molecular weight is 282 g/mol. The van der Waals surface area contributed by atoms with E-state index in [1.165, 1.54) is 5.56 Å². The first-order valence-corrected chi connectivity index (χ1v) is 7.74. The molecule has 2 unspecified atom stereocenters.